The van der Waals surface area contributed by atoms with Crippen LogP contribution in [-0.2, 0) is 4.79 Å². The average Bonchev–Trinajstić information content (AvgIpc) is 2.19. The lowest BCUT2D eigenvalue weighted by Crippen LogP contribution is -2.10. The van der Waals surface area contributed by atoms with Gasteiger partial charge in [0.1, 0.15) is 0 Å². The van der Waals surface area contributed by atoms with Crippen LogP contribution < -0.4 is 5.32 Å². The van der Waals surface area contributed by atoms with E-state index in [0.29, 0.717) is 15.7 Å². The molecule has 1 aromatic carbocycles. The normalized spacial score (nSPS) is 10.5. The molecule has 0 saturated heterocycles. The van der Waals surface area contributed by atoms with E-state index < -0.39 is 0 Å². The molecular weight excluding hydrogens is 247 g/mol. The highest BCUT2D eigenvalue weighted by Crippen LogP contribution is 2.25. The summed E-state index contributed by atoms with van der Waals surface area (Å²) in [5.41, 5.74) is 0.541. The van der Waals surface area contributed by atoms with Crippen molar-refractivity contribution in [3.8, 4) is 0 Å². The van der Waals surface area contributed by atoms with Crippen molar-refractivity contribution in [3.05, 3.63) is 40.5 Å². The van der Waals surface area contributed by atoms with E-state index in [1.807, 2.05) is 14.1 Å². The summed E-state index contributed by atoms with van der Waals surface area (Å²) in [6.07, 6.45) is 3.07. The number of carbonyl (C=O) groups excluding carboxylic acids is 1. The highest BCUT2D eigenvalue weighted by Gasteiger charge is 2.03. The van der Waals surface area contributed by atoms with Gasteiger partial charge in [0.05, 0.1) is 10.7 Å². The van der Waals surface area contributed by atoms with Crippen LogP contribution in [0.3, 0.4) is 0 Å². The van der Waals surface area contributed by atoms with Gasteiger partial charge in [-0.15, -0.1) is 0 Å². The van der Waals surface area contributed by atoms with Gasteiger partial charge in [-0.3, -0.25) is 4.79 Å². The first kappa shape index (κ1) is 12.9. The summed E-state index contributed by atoms with van der Waals surface area (Å²) in [6, 6.07) is 4.90. The van der Waals surface area contributed by atoms with Crippen LogP contribution in [0.1, 0.15) is 0 Å². The molecule has 0 aromatic heterocycles. The van der Waals surface area contributed by atoms with Crippen molar-refractivity contribution in [1.29, 1.82) is 0 Å². The van der Waals surface area contributed by atoms with Gasteiger partial charge in [-0.05, 0) is 18.2 Å². The van der Waals surface area contributed by atoms with E-state index in [-0.39, 0.29) is 5.91 Å². The number of rotatable bonds is 3. The molecule has 0 heterocycles. The Morgan fingerprint density at radius 3 is 2.62 bits per heavy atom. The molecule has 0 atom stereocenters. The van der Waals surface area contributed by atoms with Crippen LogP contribution in [0.15, 0.2) is 30.5 Å². The molecule has 0 bridgehead atoms. The zero-order chi connectivity index (χ0) is 12.1. The summed E-state index contributed by atoms with van der Waals surface area (Å²) in [4.78, 5) is 13.2. The molecule has 0 aliphatic carbocycles. The molecule has 0 spiro atoms. The predicted octanol–water partition coefficient (Wildman–Crippen LogP) is 3.01. The first-order valence-corrected chi connectivity index (χ1v) is 5.35. The number of hydrogen-bond donors (Lipinski definition) is 1. The summed E-state index contributed by atoms with van der Waals surface area (Å²) in [7, 11) is 3.66. The molecule has 0 aliphatic heterocycles. The number of benzene rings is 1. The summed E-state index contributed by atoms with van der Waals surface area (Å²) < 4.78 is 0. The van der Waals surface area contributed by atoms with Crippen molar-refractivity contribution in [2.75, 3.05) is 19.4 Å². The molecule has 0 radical (unpaired) electrons. The summed E-state index contributed by atoms with van der Waals surface area (Å²) in [5.74, 6) is -0.238. The van der Waals surface area contributed by atoms with Gasteiger partial charge in [-0.25, -0.2) is 0 Å². The molecule has 0 saturated carbocycles. The zero-order valence-electron chi connectivity index (χ0n) is 9.00. The van der Waals surface area contributed by atoms with Gasteiger partial charge in [0.25, 0.3) is 0 Å². The quantitative estimate of drug-likeness (QED) is 0.846. The average molecular weight is 259 g/mol. The van der Waals surface area contributed by atoms with Crippen molar-refractivity contribution in [2.45, 2.75) is 0 Å². The minimum absolute atomic E-state index is 0.238. The summed E-state index contributed by atoms with van der Waals surface area (Å²) in [6.45, 7) is 0. The van der Waals surface area contributed by atoms with Crippen LogP contribution in [0.2, 0.25) is 10.0 Å². The smallest absolute Gasteiger partial charge is 0.249 e. The monoisotopic (exact) mass is 258 g/mol. The maximum absolute atomic E-state index is 11.4. The van der Waals surface area contributed by atoms with Crippen molar-refractivity contribution in [2.24, 2.45) is 0 Å². The van der Waals surface area contributed by atoms with E-state index in [0.717, 1.165) is 0 Å². The third-order valence-electron chi connectivity index (χ3n) is 1.71. The lowest BCUT2D eigenvalue weighted by Gasteiger charge is -2.06. The van der Waals surface area contributed by atoms with E-state index in [2.05, 4.69) is 5.32 Å². The molecule has 5 heteroatoms. The fourth-order valence-corrected chi connectivity index (χ4v) is 1.44. The Labute approximate surface area is 105 Å². The SMILES string of the molecule is CN(C)/C=C\C(=O)Nc1ccc(Cl)cc1Cl. The largest absolute Gasteiger partial charge is 0.383 e. The molecule has 1 rings (SSSR count). The minimum atomic E-state index is -0.238. The van der Waals surface area contributed by atoms with Crippen molar-refractivity contribution < 1.29 is 4.79 Å². The molecule has 0 unspecified atom stereocenters. The summed E-state index contributed by atoms with van der Waals surface area (Å²) >= 11 is 11.6. The third-order valence-corrected chi connectivity index (χ3v) is 2.26. The first-order valence-electron chi connectivity index (χ1n) is 4.59. The maximum Gasteiger partial charge on any atom is 0.249 e. The zero-order valence-corrected chi connectivity index (χ0v) is 10.5. The van der Waals surface area contributed by atoms with Crippen LogP contribution in [-0.4, -0.2) is 24.9 Å². The standard InChI is InChI=1S/C11H12Cl2N2O/c1-15(2)6-5-11(16)14-10-4-3-8(12)7-9(10)13/h3-7H,1-2H3,(H,14,16)/b6-5-. The van der Waals surface area contributed by atoms with Crippen molar-refractivity contribution >= 4 is 34.8 Å². The van der Waals surface area contributed by atoms with Gasteiger partial charge in [-0.2, -0.15) is 0 Å². The highest BCUT2D eigenvalue weighted by molar-refractivity contribution is 6.36. The van der Waals surface area contributed by atoms with Crippen LogP contribution in [0.4, 0.5) is 5.69 Å². The molecule has 0 fully saturated rings. The second-order valence-electron chi connectivity index (χ2n) is 3.39. The lowest BCUT2D eigenvalue weighted by molar-refractivity contribution is -0.112. The Kier molecular flexibility index (Phi) is 4.65. The van der Waals surface area contributed by atoms with Crippen molar-refractivity contribution in [3.63, 3.8) is 0 Å². The second-order valence-corrected chi connectivity index (χ2v) is 4.24. The van der Waals surface area contributed by atoms with Crippen LogP contribution in [0.5, 0.6) is 0 Å². The van der Waals surface area contributed by atoms with E-state index in [1.54, 1.807) is 29.3 Å². The van der Waals surface area contributed by atoms with Gasteiger partial charge >= 0.3 is 0 Å². The third kappa shape index (κ3) is 4.13. The number of halogens is 2. The molecule has 1 amide bonds. The molecule has 86 valence electrons. The Balaban J connectivity index is 2.70. The Hall–Kier alpha value is -1.19. The Morgan fingerprint density at radius 2 is 2.06 bits per heavy atom. The number of hydrogen-bond acceptors (Lipinski definition) is 2. The molecule has 1 aromatic rings. The minimum Gasteiger partial charge on any atom is -0.383 e. The molecule has 3 nitrogen and oxygen atoms in total. The topological polar surface area (TPSA) is 32.3 Å². The van der Waals surface area contributed by atoms with Gasteiger partial charge in [0.2, 0.25) is 5.91 Å². The van der Waals surface area contributed by atoms with Gasteiger partial charge < -0.3 is 10.2 Å². The van der Waals surface area contributed by atoms with E-state index in [4.69, 9.17) is 23.2 Å². The summed E-state index contributed by atoms with van der Waals surface area (Å²) in [5, 5.41) is 3.60. The fourth-order valence-electron chi connectivity index (χ4n) is 0.982. The van der Waals surface area contributed by atoms with E-state index >= 15 is 0 Å². The molecule has 0 aliphatic rings. The Morgan fingerprint density at radius 1 is 1.38 bits per heavy atom. The Bertz CT molecular complexity index is 416. The second kappa shape index (κ2) is 5.77. The lowest BCUT2D eigenvalue weighted by atomic mass is 10.3. The number of anilines is 1. The van der Waals surface area contributed by atoms with Crippen molar-refractivity contribution in [1.82, 2.24) is 4.90 Å². The van der Waals surface area contributed by atoms with Crippen LogP contribution >= 0.6 is 23.2 Å². The number of nitrogens with zero attached hydrogens (tertiary/aromatic N) is 1. The maximum atomic E-state index is 11.4. The number of nitrogens with one attached hydrogen (secondary N) is 1. The van der Waals surface area contributed by atoms with Gasteiger partial charge in [0, 0.05) is 31.4 Å². The van der Waals surface area contributed by atoms with Gasteiger partial charge in [0.15, 0.2) is 0 Å². The first-order chi connectivity index (χ1) is 7.49. The van der Waals surface area contributed by atoms with Gasteiger partial charge in [-0.1, -0.05) is 23.2 Å². The van der Waals surface area contributed by atoms with Crippen LogP contribution in [0.25, 0.3) is 0 Å². The highest BCUT2D eigenvalue weighted by atomic mass is 35.5. The predicted molar refractivity (Wildman–Crippen MR) is 67.9 cm³/mol. The fraction of sp³-hybridized carbons (Fsp3) is 0.182. The molecule has 16 heavy (non-hydrogen) atoms. The number of carbonyl (C=O) groups is 1. The van der Waals surface area contributed by atoms with E-state index in [9.17, 15) is 4.79 Å². The van der Waals surface area contributed by atoms with E-state index in [1.165, 1.54) is 6.08 Å². The molecule has 1 N–H and O–H groups in total. The number of amides is 1. The van der Waals surface area contributed by atoms with Crippen LogP contribution in [0, 0.1) is 0 Å². The molecular formula is C11H12Cl2N2O.